The molecule has 0 bridgehead atoms. The van der Waals surface area contributed by atoms with E-state index in [1.54, 1.807) is 12.4 Å². The van der Waals surface area contributed by atoms with Crippen molar-refractivity contribution in [3.8, 4) is 0 Å². The molecule has 166 valence electrons. The second kappa shape index (κ2) is 8.78. The van der Waals surface area contributed by atoms with Crippen LogP contribution in [0.2, 0.25) is 0 Å². The lowest BCUT2D eigenvalue weighted by Crippen LogP contribution is -2.54. The van der Waals surface area contributed by atoms with Gasteiger partial charge in [0.25, 0.3) is 0 Å². The molecule has 4 rings (SSSR count). The van der Waals surface area contributed by atoms with Crippen molar-refractivity contribution in [2.45, 2.75) is 57.0 Å². The van der Waals surface area contributed by atoms with Crippen LogP contribution >= 0.6 is 0 Å². The van der Waals surface area contributed by atoms with E-state index in [4.69, 9.17) is 0 Å². The number of piperidine rings is 1. The van der Waals surface area contributed by atoms with E-state index in [2.05, 4.69) is 20.2 Å². The molecule has 0 spiro atoms. The number of aliphatic hydroxyl groups is 1. The number of β-amino-alcohol motifs (C(OH)–C–C–N with tert-alkyl or cyclic N) is 1. The first-order valence-corrected chi connectivity index (χ1v) is 11.0. The number of carbonyl (C=O) groups is 2. The molecule has 0 aromatic carbocycles. The Labute approximate surface area is 181 Å². The van der Waals surface area contributed by atoms with Gasteiger partial charge in [0.15, 0.2) is 0 Å². The van der Waals surface area contributed by atoms with Gasteiger partial charge in [0.2, 0.25) is 5.91 Å². The van der Waals surface area contributed by atoms with E-state index in [-0.39, 0.29) is 25.3 Å². The fourth-order valence-electron chi connectivity index (χ4n) is 5.21. The van der Waals surface area contributed by atoms with Crippen LogP contribution in [0.15, 0.2) is 30.6 Å². The number of anilines is 1. The van der Waals surface area contributed by atoms with Gasteiger partial charge in [-0.2, -0.15) is 0 Å². The van der Waals surface area contributed by atoms with Crippen molar-refractivity contribution in [2.75, 3.05) is 24.5 Å². The maximum Gasteiger partial charge on any atom is 0.303 e. The number of pyridine rings is 2. The number of amides is 1. The van der Waals surface area contributed by atoms with E-state index in [1.807, 2.05) is 18.2 Å². The summed E-state index contributed by atoms with van der Waals surface area (Å²) in [4.78, 5) is 34.9. The molecular weight excluding hydrogens is 396 g/mol. The number of carboxylic acid groups (broad SMARTS) is 1. The van der Waals surface area contributed by atoms with E-state index in [9.17, 15) is 19.8 Å². The minimum atomic E-state index is -1.05. The fourth-order valence-corrected chi connectivity index (χ4v) is 5.21. The number of rotatable bonds is 7. The molecule has 1 saturated carbocycles. The Morgan fingerprint density at radius 3 is 2.65 bits per heavy atom. The molecule has 1 atom stereocenters. The van der Waals surface area contributed by atoms with E-state index >= 15 is 0 Å². The summed E-state index contributed by atoms with van der Waals surface area (Å²) in [6.45, 7) is 1.35. The SMILES string of the molecule is O=C(O)CC1(CC(=O)NCC2(O)CCCN(c3ccnc4cccnc34)C2)CCCC1. The van der Waals surface area contributed by atoms with Crippen LogP contribution in [0.4, 0.5) is 5.69 Å². The minimum Gasteiger partial charge on any atom is -0.481 e. The summed E-state index contributed by atoms with van der Waals surface area (Å²) in [5.74, 6) is -1.03. The number of aromatic nitrogens is 2. The Balaban J connectivity index is 1.40. The number of nitrogens with one attached hydrogen (secondary N) is 1. The highest BCUT2D eigenvalue weighted by Crippen LogP contribution is 2.44. The van der Waals surface area contributed by atoms with E-state index in [0.29, 0.717) is 13.0 Å². The molecule has 2 fully saturated rings. The lowest BCUT2D eigenvalue weighted by molar-refractivity contribution is -0.140. The zero-order valence-corrected chi connectivity index (χ0v) is 17.7. The standard InChI is InChI=1S/C23H30N4O4/c28-19(13-22(14-20(29)30)7-1-2-8-22)26-15-23(31)9-4-12-27(16-23)18-6-11-24-17-5-3-10-25-21(17)18/h3,5-6,10-11,31H,1-2,4,7-9,12-16H2,(H,26,28)(H,29,30). The van der Waals surface area contributed by atoms with Crippen LogP contribution in [0.3, 0.4) is 0 Å². The number of fused-ring (bicyclic) bond motifs is 1. The lowest BCUT2D eigenvalue weighted by atomic mass is 9.79. The van der Waals surface area contributed by atoms with Crippen LogP contribution in [-0.4, -0.2) is 57.3 Å². The van der Waals surface area contributed by atoms with Crippen LogP contribution in [0.1, 0.15) is 51.4 Å². The lowest BCUT2D eigenvalue weighted by Gasteiger charge is -2.40. The fraction of sp³-hybridized carbons (Fsp3) is 0.565. The van der Waals surface area contributed by atoms with Gasteiger partial charge < -0.3 is 20.4 Å². The largest absolute Gasteiger partial charge is 0.481 e. The monoisotopic (exact) mass is 426 g/mol. The molecule has 3 heterocycles. The highest BCUT2D eigenvalue weighted by molar-refractivity contribution is 5.87. The molecule has 2 aliphatic rings. The molecule has 2 aromatic heterocycles. The molecule has 1 unspecified atom stereocenters. The summed E-state index contributed by atoms with van der Waals surface area (Å²) >= 11 is 0. The van der Waals surface area contributed by atoms with Crippen molar-refractivity contribution in [1.29, 1.82) is 0 Å². The number of nitrogens with zero attached hydrogens (tertiary/aromatic N) is 3. The van der Waals surface area contributed by atoms with Gasteiger partial charge >= 0.3 is 5.97 Å². The Kier molecular flexibility index (Phi) is 6.09. The normalized spacial score (nSPS) is 23.1. The topological polar surface area (TPSA) is 116 Å². The van der Waals surface area contributed by atoms with Crippen LogP contribution in [0.5, 0.6) is 0 Å². The third-order valence-corrected chi connectivity index (χ3v) is 6.71. The van der Waals surface area contributed by atoms with Gasteiger partial charge in [0, 0.05) is 38.4 Å². The van der Waals surface area contributed by atoms with Crippen molar-refractivity contribution >= 4 is 28.6 Å². The summed E-state index contributed by atoms with van der Waals surface area (Å²) in [6.07, 6.45) is 8.59. The van der Waals surface area contributed by atoms with E-state index < -0.39 is 17.0 Å². The number of hydrogen-bond donors (Lipinski definition) is 3. The van der Waals surface area contributed by atoms with Crippen LogP contribution in [0, 0.1) is 5.41 Å². The molecule has 3 N–H and O–H groups in total. The minimum absolute atomic E-state index is 0.0284. The van der Waals surface area contributed by atoms with E-state index in [0.717, 1.165) is 55.4 Å². The maximum atomic E-state index is 12.6. The Bertz CT molecular complexity index is 954. The highest BCUT2D eigenvalue weighted by Gasteiger charge is 2.39. The average molecular weight is 427 g/mol. The highest BCUT2D eigenvalue weighted by atomic mass is 16.4. The number of aliphatic carboxylic acids is 1. The second-order valence-corrected chi connectivity index (χ2v) is 9.18. The van der Waals surface area contributed by atoms with Gasteiger partial charge in [0.1, 0.15) is 5.52 Å². The van der Waals surface area contributed by atoms with Crippen LogP contribution < -0.4 is 10.2 Å². The predicted molar refractivity (Wildman–Crippen MR) is 117 cm³/mol. The second-order valence-electron chi connectivity index (χ2n) is 9.18. The third-order valence-electron chi connectivity index (χ3n) is 6.71. The quantitative estimate of drug-likeness (QED) is 0.623. The zero-order chi connectivity index (χ0) is 21.9. The molecule has 8 nitrogen and oxygen atoms in total. The molecule has 0 radical (unpaired) electrons. The molecule has 1 aliphatic carbocycles. The molecular formula is C23H30N4O4. The van der Waals surface area contributed by atoms with Gasteiger partial charge in [-0.1, -0.05) is 12.8 Å². The van der Waals surface area contributed by atoms with Crippen LogP contribution in [0.25, 0.3) is 11.0 Å². The summed E-state index contributed by atoms with van der Waals surface area (Å²) in [7, 11) is 0. The predicted octanol–water partition coefficient (Wildman–Crippen LogP) is 2.50. The number of hydrogen-bond acceptors (Lipinski definition) is 6. The van der Waals surface area contributed by atoms with Crippen molar-refractivity contribution in [3.05, 3.63) is 30.6 Å². The van der Waals surface area contributed by atoms with Crippen molar-refractivity contribution in [2.24, 2.45) is 5.41 Å². The van der Waals surface area contributed by atoms with Crippen LogP contribution in [-0.2, 0) is 9.59 Å². The summed E-state index contributed by atoms with van der Waals surface area (Å²) in [5.41, 5.74) is 1.05. The summed E-state index contributed by atoms with van der Waals surface area (Å²) < 4.78 is 0. The van der Waals surface area contributed by atoms with Gasteiger partial charge in [0.05, 0.1) is 23.2 Å². The molecule has 31 heavy (non-hydrogen) atoms. The van der Waals surface area contributed by atoms with Gasteiger partial charge in [-0.15, -0.1) is 0 Å². The molecule has 1 aliphatic heterocycles. The van der Waals surface area contributed by atoms with Crippen molar-refractivity contribution < 1.29 is 19.8 Å². The first kappa shape index (κ1) is 21.5. The zero-order valence-electron chi connectivity index (χ0n) is 17.7. The summed E-state index contributed by atoms with van der Waals surface area (Å²) in [5, 5.41) is 23.4. The maximum absolute atomic E-state index is 12.6. The van der Waals surface area contributed by atoms with E-state index in [1.165, 1.54) is 0 Å². The van der Waals surface area contributed by atoms with Crippen molar-refractivity contribution in [3.63, 3.8) is 0 Å². The Morgan fingerprint density at radius 1 is 1.06 bits per heavy atom. The molecule has 2 aromatic rings. The number of carboxylic acids is 1. The van der Waals surface area contributed by atoms with Crippen molar-refractivity contribution in [1.82, 2.24) is 15.3 Å². The number of carbonyl (C=O) groups excluding carboxylic acids is 1. The van der Waals surface area contributed by atoms with Gasteiger partial charge in [-0.3, -0.25) is 19.6 Å². The third kappa shape index (κ3) is 4.95. The summed E-state index contributed by atoms with van der Waals surface area (Å²) in [6, 6.07) is 5.68. The smallest absolute Gasteiger partial charge is 0.303 e. The Morgan fingerprint density at radius 2 is 1.87 bits per heavy atom. The molecule has 8 heteroatoms. The first-order valence-electron chi connectivity index (χ1n) is 11.0. The molecule has 1 amide bonds. The first-order chi connectivity index (χ1) is 14.9. The van der Waals surface area contributed by atoms with Gasteiger partial charge in [-0.25, -0.2) is 0 Å². The molecule has 1 saturated heterocycles. The van der Waals surface area contributed by atoms with Gasteiger partial charge in [-0.05, 0) is 49.3 Å². The average Bonchev–Trinajstić information content (AvgIpc) is 3.19. The Hall–Kier alpha value is -2.74.